The summed E-state index contributed by atoms with van der Waals surface area (Å²) in [6.07, 6.45) is 0. The number of hydrogen-bond acceptors (Lipinski definition) is 0. The molecule has 0 amide bonds. The summed E-state index contributed by atoms with van der Waals surface area (Å²) in [7, 11) is -3.92. The first kappa shape index (κ1) is 47.6. The molecule has 8 heteroatoms. The van der Waals surface area contributed by atoms with Gasteiger partial charge < -0.3 is 11.0 Å². The minimum Gasteiger partial charge on any atom is -0.412 e. The molecule has 0 saturated heterocycles. The molecule has 0 aliphatic heterocycles. The van der Waals surface area contributed by atoms with E-state index in [1.807, 2.05) is 0 Å². The SMILES string of the molecule is C[Si](C)(C)[c-]1cccc1.C[Si](C)(C)[c-]1cccc1.C[Si](C)(C)[c-]1cccc1.C[Si](C)(C)[c-]1cccc1.O.O.[Lu].[Lu]. The van der Waals surface area contributed by atoms with Crippen LogP contribution in [0.5, 0.6) is 0 Å². The van der Waals surface area contributed by atoms with E-state index in [4.69, 9.17) is 0 Å². The Hall–Kier alpha value is 0.655. The Kier molecular flexibility index (Phi) is 25.4. The van der Waals surface area contributed by atoms with Gasteiger partial charge in [0.2, 0.25) is 0 Å². The van der Waals surface area contributed by atoms with E-state index >= 15 is 0 Å². The van der Waals surface area contributed by atoms with Gasteiger partial charge in [0.05, 0.1) is 0 Å². The normalized spacial score (nSPS) is 10.7. The van der Waals surface area contributed by atoms with E-state index in [9.17, 15) is 0 Å². The van der Waals surface area contributed by atoms with Crippen LogP contribution in [-0.2, 0) is 0 Å². The number of hydrogen-bond donors (Lipinski definition) is 0. The standard InChI is InChI=1S/4C8H13Si.2Lu.2H2O/c4*1-9(2,3)8-6-4-5-7-8;;;;/h4*4-7H,1-3H3;;;2*1H2/q4*-1;;;;. The van der Waals surface area contributed by atoms with Crippen LogP contribution in [0, 0.1) is 73.7 Å². The van der Waals surface area contributed by atoms with Gasteiger partial charge in [-0.3, -0.25) is 0 Å². The molecule has 0 bridgehead atoms. The summed E-state index contributed by atoms with van der Waals surface area (Å²) in [6, 6.07) is 34.8. The molecule has 4 rings (SSSR count). The first-order valence-corrected chi connectivity index (χ1v) is 27.3. The maximum absolute atomic E-state index is 2.36. The first-order chi connectivity index (χ1) is 16.4. The van der Waals surface area contributed by atoms with Crippen LogP contribution in [0.3, 0.4) is 0 Å². The predicted octanol–water partition coefficient (Wildman–Crippen LogP) is 6.15. The van der Waals surface area contributed by atoms with Crippen molar-refractivity contribution in [3.8, 4) is 0 Å². The topological polar surface area (TPSA) is 63.0 Å². The van der Waals surface area contributed by atoms with Crippen LogP contribution in [0.1, 0.15) is 0 Å². The summed E-state index contributed by atoms with van der Waals surface area (Å²) in [5.41, 5.74) is 0. The zero-order valence-electron chi connectivity index (χ0n) is 26.8. The third-order valence-corrected chi connectivity index (χ3v) is 14.4. The van der Waals surface area contributed by atoms with Crippen molar-refractivity contribution >= 4 is 53.0 Å². The molecule has 0 spiro atoms. The van der Waals surface area contributed by atoms with Crippen molar-refractivity contribution in [1.29, 1.82) is 0 Å². The van der Waals surface area contributed by atoms with E-state index in [2.05, 4.69) is 176 Å². The Morgan fingerprint density at radius 3 is 0.425 bits per heavy atom. The Bertz CT molecular complexity index is 868. The summed E-state index contributed by atoms with van der Waals surface area (Å²) < 4.78 is 0. The van der Waals surface area contributed by atoms with E-state index in [-0.39, 0.29) is 84.7 Å². The van der Waals surface area contributed by atoms with Gasteiger partial charge in [-0.05, 0) is 0 Å². The van der Waals surface area contributed by atoms with Crippen LogP contribution in [0.15, 0.2) is 97.1 Å². The first-order valence-electron chi connectivity index (χ1n) is 13.3. The molecule has 2 nitrogen and oxygen atoms in total. The van der Waals surface area contributed by atoms with Gasteiger partial charge in [0.15, 0.2) is 0 Å². The van der Waals surface area contributed by atoms with Crippen LogP contribution in [0.25, 0.3) is 0 Å². The zero-order valence-corrected chi connectivity index (χ0v) is 34.1. The molecule has 246 valence electrons. The second kappa shape index (κ2) is 21.4. The molecule has 0 heterocycles. The van der Waals surface area contributed by atoms with Crippen LogP contribution in [0.4, 0.5) is 0 Å². The average molecular weight is 935 g/mol. The van der Waals surface area contributed by atoms with Gasteiger partial charge in [-0.1, -0.05) is 78.6 Å². The van der Waals surface area contributed by atoms with E-state index < -0.39 is 32.3 Å². The zero-order chi connectivity index (χ0) is 27.6. The van der Waals surface area contributed by atoms with E-state index in [0.717, 1.165) is 0 Å². The number of rotatable bonds is 4. The van der Waals surface area contributed by atoms with Crippen LogP contribution in [0.2, 0.25) is 78.6 Å². The van der Waals surface area contributed by atoms with Crippen molar-refractivity contribution in [3.05, 3.63) is 97.1 Å². The molecule has 0 unspecified atom stereocenters. The Labute approximate surface area is 309 Å². The Morgan fingerprint density at radius 1 is 0.275 bits per heavy atom. The van der Waals surface area contributed by atoms with Gasteiger partial charge in [0, 0.05) is 106 Å². The fraction of sp³-hybridized carbons (Fsp3) is 0.375. The average Bonchev–Trinajstić information content (AvgIpc) is 3.57. The van der Waals surface area contributed by atoms with Gasteiger partial charge in [-0.2, -0.15) is 69.3 Å². The molecular formula is C32H56Lu2O2Si4-4. The minimum absolute atomic E-state index is 0. The molecule has 0 atom stereocenters. The van der Waals surface area contributed by atoms with Crippen LogP contribution < -0.4 is 20.7 Å². The molecule has 40 heavy (non-hydrogen) atoms. The van der Waals surface area contributed by atoms with E-state index in [1.54, 1.807) is 20.7 Å². The summed E-state index contributed by atoms with van der Waals surface area (Å²) in [5.74, 6) is 0. The molecule has 4 aromatic carbocycles. The van der Waals surface area contributed by atoms with Crippen molar-refractivity contribution in [2.45, 2.75) is 78.6 Å². The van der Waals surface area contributed by atoms with E-state index in [1.165, 1.54) is 0 Å². The molecule has 0 aliphatic carbocycles. The third-order valence-electron chi connectivity index (χ3n) is 6.11. The molecule has 2 radical (unpaired) electrons. The Morgan fingerprint density at radius 2 is 0.375 bits per heavy atom. The van der Waals surface area contributed by atoms with Crippen molar-refractivity contribution < 1.29 is 84.7 Å². The van der Waals surface area contributed by atoms with Crippen molar-refractivity contribution in [2.75, 3.05) is 0 Å². The van der Waals surface area contributed by atoms with Crippen molar-refractivity contribution in [2.24, 2.45) is 0 Å². The van der Waals surface area contributed by atoms with Crippen molar-refractivity contribution in [3.63, 3.8) is 0 Å². The summed E-state index contributed by atoms with van der Waals surface area (Å²) in [5, 5.41) is 6.23. The fourth-order valence-electron chi connectivity index (χ4n) is 3.50. The summed E-state index contributed by atoms with van der Waals surface area (Å²) in [4.78, 5) is 0. The largest absolute Gasteiger partial charge is 0.412 e. The minimum atomic E-state index is -0.981. The third kappa shape index (κ3) is 19.8. The maximum atomic E-state index is 2.36. The van der Waals surface area contributed by atoms with Gasteiger partial charge in [0.25, 0.3) is 0 Å². The molecule has 0 fully saturated rings. The molecular weight excluding hydrogens is 879 g/mol. The summed E-state index contributed by atoms with van der Waals surface area (Å²) >= 11 is 0. The van der Waals surface area contributed by atoms with Crippen LogP contribution >= 0.6 is 0 Å². The monoisotopic (exact) mass is 934 g/mol. The van der Waals surface area contributed by atoms with Gasteiger partial charge in [0.1, 0.15) is 0 Å². The maximum Gasteiger partial charge on any atom is 0.0147 e. The summed E-state index contributed by atoms with van der Waals surface area (Å²) in [6.45, 7) is 28.4. The predicted molar refractivity (Wildman–Crippen MR) is 187 cm³/mol. The van der Waals surface area contributed by atoms with Gasteiger partial charge >= 0.3 is 0 Å². The Balaban J connectivity index is -0.000000209. The van der Waals surface area contributed by atoms with Crippen LogP contribution in [-0.4, -0.2) is 43.2 Å². The molecule has 0 saturated carbocycles. The quantitative estimate of drug-likeness (QED) is 0.174. The van der Waals surface area contributed by atoms with E-state index in [0.29, 0.717) is 0 Å². The van der Waals surface area contributed by atoms with Gasteiger partial charge in [-0.15, -0.1) is 0 Å². The van der Waals surface area contributed by atoms with Gasteiger partial charge in [-0.25, -0.2) is 48.5 Å². The molecule has 0 aliphatic rings. The van der Waals surface area contributed by atoms with Crippen molar-refractivity contribution in [1.82, 2.24) is 0 Å². The fourth-order valence-corrected chi connectivity index (χ4v) is 8.27. The smallest absolute Gasteiger partial charge is 0.0147 e. The molecule has 4 aromatic rings. The second-order valence-electron chi connectivity index (χ2n) is 13.7. The molecule has 4 N–H and O–H groups in total. The second-order valence-corrected chi connectivity index (χ2v) is 34.0. The molecule has 0 aromatic heterocycles.